The maximum Gasteiger partial charge on any atom is 0.318 e. The normalized spacial score (nSPS) is 19.8. The van der Waals surface area contributed by atoms with Crippen LogP contribution in [-0.4, -0.2) is 35.5 Å². The van der Waals surface area contributed by atoms with E-state index in [1.165, 1.54) is 0 Å². The number of urea groups is 1. The van der Waals surface area contributed by atoms with Crippen LogP contribution < -0.4 is 16.2 Å². The molecule has 1 saturated heterocycles. The lowest BCUT2D eigenvalue weighted by Crippen LogP contribution is -2.50. The third-order valence-electron chi connectivity index (χ3n) is 4.07. The van der Waals surface area contributed by atoms with Crippen molar-refractivity contribution in [1.82, 2.24) is 15.6 Å². The molecule has 0 aromatic heterocycles. The maximum absolute atomic E-state index is 12.3. The fraction of sp³-hybridized carbons (Fsp3) is 0.438. The zero-order valence-electron chi connectivity index (χ0n) is 12.7. The Morgan fingerprint density at radius 1 is 1.17 bits per heavy atom. The van der Waals surface area contributed by atoms with Crippen molar-refractivity contribution in [3.05, 3.63) is 29.8 Å². The summed E-state index contributed by atoms with van der Waals surface area (Å²) in [6, 6.07) is 8.48. The summed E-state index contributed by atoms with van der Waals surface area (Å²) in [5, 5.41) is 11.7. The van der Waals surface area contributed by atoms with Gasteiger partial charge >= 0.3 is 6.03 Å². The van der Waals surface area contributed by atoms with Gasteiger partial charge in [0.05, 0.1) is 17.3 Å². The zero-order chi connectivity index (χ0) is 16.2. The first kappa shape index (κ1) is 15.2. The Morgan fingerprint density at radius 3 is 2.57 bits per heavy atom. The van der Waals surface area contributed by atoms with Crippen molar-refractivity contribution >= 4 is 17.6 Å². The van der Waals surface area contributed by atoms with Crippen molar-refractivity contribution in [2.45, 2.75) is 37.8 Å². The zero-order valence-corrected chi connectivity index (χ0v) is 12.7. The van der Waals surface area contributed by atoms with Gasteiger partial charge in [0.25, 0.3) is 5.91 Å². The SMILES string of the molecule is N#Cc1ccc(NNC(=O)C2CCCN2C(=O)NC2CC2)cc1. The molecule has 1 aliphatic heterocycles. The van der Waals surface area contributed by atoms with Crippen LogP contribution in [0.4, 0.5) is 10.5 Å². The first-order valence-corrected chi connectivity index (χ1v) is 7.80. The Bertz CT molecular complexity index is 633. The summed E-state index contributed by atoms with van der Waals surface area (Å²) in [6.07, 6.45) is 3.54. The van der Waals surface area contributed by atoms with E-state index >= 15 is 0 Å². The standard InChI is InChI=1S/C16H19N5O2/c17-10-11-3-5-13(6-4-11)19-20-15(22)14-2-1-9-21(14)16(23)18-12-7-8-12/h3-6,12,14,19H,1-2,7-9H2,(H,18,23)(H,20,22). The molecule has 3 N–H and O–H groups in total. The molecule has 1 atom stereocenters. The van der Waals surface area contributed by atoms with E-state index in [-0.39, 0.29) is 18.0 Å². The van der Waals surface area contributed by atoms with Crippen LogP contribution in [-0.2, 0) is 4.79 Å². The molecule has 0 spiro atoms. The van der Waals surface area contributed by atoms with Gasteiger partial charge in [0.15, 0.2) is 0 Å². The summed E-state index contributed by atoms with van der Waals surface area (Å²) in [5.41, 5.74) is 6.70. The predicted molar refractivity (Wildman–Crippen MR) is 84.2 cm³/mol. The molecule has 3 amide bonds. The fourth-order valence-electron chi connectivity index (χ4n) is 2.61. The summed E-state index contributed by atoms with van der Waals surface area (Å²) in [6.45, 7) is 0.605. The van der Waals surface area contributed by atoms with Crippen LogP contribution in [0.25, 0.3) is 0 Å². The summed E-state index contributed by atoms with van der Waals surface area (Å²) in [5.74, 6) is -0.224. The number of nitrogens with one attached hydrogen (secondary N) is 3. The third-order valence-corrected chi connectivity index (χ3v) is 4.07. The van der Waals surface area contributed by atoms with E-state index in [1.54, 1.807) is 29.2 Å². The van der Waals surface area contributed by atoms with E-state index in [2.05, 4.69) is 16.2 Å². The van der Waals surface area contributed by atoms with Gasteiger partial charge in [0.2, 0.25) is 0 Å². The van der Waals surface area contributed by atoms with Gasteiger partial charge in [-0.3, -0.25) is 15.6 Å². The largest absolute Gasteiger partial charge is 0.335 e. The third kappa shape index (κ3) is 3.72. The van der Waals surface area contributed by atoms with E-state index in [0.29, 0.717) is 24.2 Å². The second kappa shape index (κ2) is 6.57. The van der Waals surface area contributed by atoms with Crippen molar-refractivity contribution in [2.75, 3.05) is 12.0 Å². The number of carbonyl (C=O) groups is 2. The minimum absolute atomic E-state index is 0.150. The number of hydrazine groups is 1. The first-order chi connectivity index (χ1) is 11.2. The van der Waals surface area contributed by atoms with Crippen molar-refractivity contribution in [1.29, 1.82) is 5.26 Å². The minimum Gasteiger partial charge on any atom is -0.335 e. The van der Waals surface area contributed by atoms with Crippen LogP contribution in [0.15, 0.2) is 24.3 Å². The number of nitriles is 1. The Kier molecular flexibility index (Phi) is 4.33. The van der Waals surface area contributed by atoms with Crippen LogP contribution >= 0.6 is 0 Å². The lowest BCUT2D eigenvalue weighted by molar-refractivity contribution is -0.124. The summed E-state index contributed by atoms with van der Waals surface area (Å²) in [4.78, 5) is 26.1. The van der Waals surface area contributed by atoms with E-state index in [1.807, 2.05) is 6.07 Å². The summed E-state index contributed by atoms with van der Waals surface area (Å²) < 4.78 is 0. The first-order valence-electron chi connectivity index (χ1n) is 7.80. The molecule has 23 heavy (non-hydrogen) atoms. The van der Waals surface area contributed by atoms with Gasteiger partial charge in [-0.05, 0) is 49.9 Å². The lowest BCUT2D eigenvalue weighted by Gasteiger charge is -2.24. The highest BCUT2D eigenvalue weighted by atomic mass is 16.2. The molecule has 0 radical (unpaired) electrons. The van der Waals surface area contributed by atoms with Crippen molar-refractivity contribution in [3.8, 4) is 6.07 Å². The molecule has 1 unspecified atom stereocenters. The molecule has 2 fully saturated rings. The number of nitrogens with zero attached hydrogens (tertiary/aromatic N) is 2. The molecule has 2 aliphatic rings. The summed E-state index contributed by atoms with van der Waals surface area (Å²) in [7, 11) is 0. The van der Waals surface area contributed by atoms with Gasteiger partial charge < -0.3 is 10.2 Å². The Morgan fingerprint density at radius 2 is 1.91 bits per heavy atom. The van der Waals surface area contributed by atoms with Crippen LogP contribution in [0.2, 0.25) is 0 Å². The quantitative estimate of drug-likeness (QED) is 0.731. The molecule has 1 aromatic rings. The fourth-order valence-corrected chi connectivity index (χ4v) is 2.61. The second-order valence-electron chi connectivity index (χ2n) is 5.88. The molecule has 1 heterocycles. The molecular weight excluding hydrogens is 294 g/mol. The van der Waals surface area contributed by atoms with Gasteiger partial charge in [0.1, 0.15) is 6.04 Å². The van der Waals surface area contributed by atoms with Gasteiger partial charge in [-0.2, -0.15) is 5.26 Å². The highest BCUT2D eigenvalue weighted by Gasteiger charge is 2.36. The van der Waals surface area contributed by atoms with E-state index in [0.717, 1.165) is 19.3 Å². The highest BCUT2D eigenvalue weighted by molar-refractivity contribution is 5.88. The average Bonchev–Trinajstić information content (AvgIpc) is 3.24. The maximum atomic E-state index is 12.3. The Labute approximate surface area is 134 Å². The van der Waals surface area contributed by atoms with Gasteiger partial charge in [-0.25, -0.2) is 4.79 Å². The van der Waals surface area contributed by atoms with Crippen molar-refractivity contribution < 1.29 is 9.59 Å². The molecular formula is C16H19N5O2. The van der Waals surface area contributed by atoms with E-state index < -0.39 is 6.04 Å². The second-order valence-corrected chi connectivity index (χ2v) is 5.88. The van der Waals surface area contributed by atoms with Gasteiger partial charge in [-0.15, -0.1) is 0 Å². The Hall–Kier alpha value is -2.75. The molecule has 7 heteroatoms. The predicted octanol–water partition coefficient (Wildman–Crippen LogP) is 1.34. The van der Waals surface area contributed by atoms with Crippen LogP contribution in [0.3, 0.4) is 0 Å². The average molecular weight is 313 g/mol. The number of anilines is 1. The number of benzene rings is 1. The van der Waals surface area contributed by atoms with Crippen LogP contribution in [0.1, 0.15) is 31.2 Å². The van der Waals surface area contributed by atoms with E-state index in [4.69, 9.17) is 5.26 Å². The molecule has 3 rings (SSSR count). The number of amides is 3. The smallest absolute Gasteiger partial charge is 0.318 e. The van der Waals surface area contributed by atoms with Crippen LogP contribution in [0, 0.1) is 11.3 Å². The van der Waals surface area contributed by atoms with Gasteiger partial charge in [0, 0.05) is 12.6 Å². The monoisotopic (exact) mass is 313 g/mol. The number of hydrogen-bond acceptors (Lipinski definition) is 4. The topological polar surface area (TPSA) is 97.3 Å². The van der Waals surface area contributed by atoms with Crippen LogP contribution in [0.5, 0.6) is 0 Å². The molecule has 120 valence electrons. The number of likely N-dealkylation sites (tertiary alicyclic amines) is 1. The van der Waals surface area contributed by atoms with Crippen molar-refractivity contribution in [2.24, 2.45) is 0 Å². The molecule has 7 nitrogen and oxygen atoms in total. The molecule has 1 aliphatic carbocycles. The van der Waals surface area contributed by atoms with Crippen molar-refractivity contribution in [3.63, 3.8) is 0 Å². The number of carbonyl (C=O) groups excluding carboxylic acids is 2. The molecule has 0 bridgehead atoms. The Balaban J connectivity index is 1.53. The number of hydrogen-bond donors (Lipinski definition) is 3. The summed E-state index contributed by atoms with van der Waals surface area (Å²) >= 11 is 0. The highest BCUT2D eigenvalue weighted by Crippen LogP contribution is 2.22. The molecule has 1 aromatic carbocycles. The van der Waals surface area contributed by atoms with Gasteiger partial charge in [-0.1, -0.05) is 0 Å². The van der Waals surface area contributed by atoms with E-state index in [9.17, 15) is 9.59 Å². The number of rotatable bonds is 4. The minimum atomic E-state index is -0.445. The lowest BCUT2D eigenvalue weighted by atomic mass is 10.2. The molecule has 1 saturated carbocycles.